The Morgan fingerprint density at radius 1 is 1.42 bits per heavy atom. The molecule has 0 spiro atoms. The van der Waals surface area contributed by atoms with E-state index < -0.39 is 0 Å². The van der Waals surface area contributed by atoms with Crippen LogP contribution in [0.5, 0.6) is 0 Å². The highest BCUT2D eigenvalue weighted by Crippen LogP contribution is 2.33. The van der Waals surface area contributed by atoms with Crippen molar-refractivity contribution in [2.75, 3.05) is 6.54 Å². The lowest BCUT2D eigenvalue weighted by Crippen LogP contribution is -2.24. The maximum Gasteiger partial charge on any atom is 0.116 e. The number of nitrogens with zero attached hydrogens (tertiary/aromatic N) is 3. The predicted molar refractivity (Wildman–Crippen MR) is 77.6 cm³/mol. The minimum Gasteiger partial charge on any atom is -0.333 e. The lowest BCUT2D eigenvalue weighted by Gasteiger charge is -2.17. The van der Waals surface area contributed by atoms with Crippen LogP contribution in [0.3, 0.4) is 0 Å². The monoisotopic (exact) mass is 276 g/mol. The smallest absolute Gasteiger partial charge is 0.116 e. The Bertz CT molecular complexity index is 536. The Balaban J connectivity index is 1.96. The van der Waals surface area contributed by atoms with Crippen molar-refractivity contribution in [3.8, 4) is 0 Å². The third-order valence-corrected chi connectivity index (χ3v) is 4.87. The van der Waals surface area contributed by atoms with Crippen molar-refractivity contribution in [3.05, 3.63) is 33.8 Å². The van der Waals surface area contributed by atoms with Crippen molar-refractivity contribution in [1.82, 2.24) is 19.9 Å². The van der Waals surface area contributed by atoms with E-state index in [1.165, 1.54) is 34.1 Å². The van der Waals surface area contributed by atoms with Crippen molar-refractivity contribution in [2.24, 2.45) is 0 Å². The Hall–Kier alpha value is -1.20. The molecule has 1 unspecified atom stereocenters. The Kier molecular flexibility index (Phi) is 3.66. The standard InChI is InChI=1S/C14H20N4S/c1-3-16-13(11-8-15-9-18(11)4-2)14-17-10-6-5-7-12(10)19-14/h8-9,13,16H,3-7H2,1-2H3. The second-order valence-corrected chi connectivity index (χ2v) is 5.99. The average molecular weight is 276 g/mol. The lowest BCUT2D eigenvalue weighted by molar-refractivity contribution is 0.571. The van der Waals surface area contributed by atoms with E-state index in [0.717, 1.165) is 19.5 Å². The van der Waals surface area contributed by atoms with Crippen molar-refractivity contribution < 1.29 is 0 Å². The zero-order valence-corrected chi connectivity index (χ0v) is 12.3. The number of rotatable bonds is 5. The molecule has 0 saturated heterocycles. The van der Waals surface area contributed by atoms with Crippen molar-refractivity contribution in [3.63, 3.8) is 0 Å². The first-order valence-corrected chi connectivity index (χ1v) is 7.87. The second-order valence-electron chi connectivity index (χ2n) is 4.87. The molecule has 1 aliphatic carbocycles. The molecular weight excluding hydrogens is 256 g/mol. The summed E-state index contributed by atoms with van der Waals surface area (Å²) in [6, 6.07) is 0.183. The topological polar surface area (TPSA) is 42.7 Å². The first kappa shape index (κ1) is 12.8. The van der Waals surface area contributed by atoms with E-state index in [1.807, 2.05) is 23.9 Å². The SMILES string of the molecule is CCNC(c1nc2c(s1)CCC2)c1cncn1CC. The number of thiazole rings is 1. The van der Waals surface area contributed by atoms with Crippen LogP contribution >= 0.6 is 11.3 Å². The van der Waals surface area contributed by atoms with E-state index in [-0.39, 0.29) is 6.04 Å². The van der Waals surface area contributed by atoms with Crippen LogP contribution < -0.4 is 5.32 Å². The number of imidazole rings is 1. The second kappa shape index (κ2) is 5.43. The summed E-state index contributed by atoms with van der Waals surface area (Å²) < 4.78 is 2.19. The molecule has 0 radical (unpaired) electrons. The van der Waals surface area contributed by atoms with Gasteiger partial charge in [0.1, 0.15) is 11.0 Å². The first-order valence-electron chi connectivity index (χ1n) is 7.05. The molecule has 3 rings (SSSR count). The molecule has 1 N–H and O–H groups in total. The Morgan fingerprint density at radius 3 is 3.05 bits per heavy atom. The van der Waals surface area contributed by atoms with Crippen molar-refractivity contribution >= 4 is 11.3 Å². The number of fused-ring (bicyclic) bond motifs is 1. The minimum absolute atomic E-state index is 0.183. The Morgan fingerprint density at radius 2 is 2.32 bits per heavy atom. The van der Waals surface area contributed by atoms with Gasteiger partial charge in [0, 0.05) is 11.4 Å². The fraction of sp³-hybridized carbons (Fsp3) is 0.571. The van der Waals surface area contributed by atoms with Crippen LogP contribution in [0.15, 0.2) is 12.5 Å². The summed E-state index contributed by atoms with van der Waals surface area (Å²) >= 11 is 1.87. The van der Waals surface area contributed by atoms with E-state index in [2.05, 4.69) is 28.7 Å². The normalized spacial score (nSPS) is 15.7. The summed E-state index contributed by atoms with van der Waals surface area (Å²) in [7, 11) is 0. The van der Waals surface area contributed by atoms with Gasteiger partial charge < -0.3 is 9.88 Å². The maximum absolute atomic E-state index is 4.86. The van der Waals surface area contributed by atoms with E-state index in [1.54, 1.807) is 0 Å². The molecule has 0 aliphatic heterocycles. The molecule has 2 heterocycles. The quantitative estimate of drug-likeness (QED) is 0.912. The fourth-order valence-electron chi connectivity index (χ4n) is 2.69. The molecule has 102 valence electrons. The zero-order chi connectivity index (χ0) is 13.2. The van der Waals surface area contributed by atoms with Crippen LogP contribution in [0.1, 0.15) is 47.6 Å². The summed E-state index contributed by atoms with van der Waals surface area (Å²) in [5.41, 5.74) is 2.54. The number of nitrogens with one attached hydrogen (secondary N) is 1. The highest BCUT2D eigenvalue weighted by molar-refractivity contribution is 7.11. The first-order chi connectivity index (χ1) is 9.33. The molecule has 0 aromatic carbocycles. The molecule has 2 aromatic heterocycles. The molecule has 1 aliphatic rings. The van der Waals surface area contributed by atoms with Gasteiger partial charge in [0.05, 0.1) is 23.9 Å². The van der Waals surface area contributed by atoms with Crippen LogP contribution in [-0.2, 0) is 19.4 Å². The van der Waals surface area contributed by atoms with Crippen LogP contribution in [-0.4, -0.2) is 21.1 Å². The fourth-order valence-corrected chi connectivity index (χ4v) is 3.93. The average Bonchev–Trinajstić information content (AvgIpc) is 3.10. The number of hydrogen-bond donors (Lipinski definition) is 1. The van der Waals surface area contributed by atoms with Gasteiger partial charge in [-0.2, -0.15) is 0 Å². The molecule has 0 bridgehead atoms. The van der Waals surface area contributed by atoms with E-state index in [4.69, 9.17) is 4.98 Å². The molecule has 2 aromatic rings. The van der Waals surface area contributed by atoms with Gasteiger partial charge in [0.2, 0.25) is 0 Å². The van der Waals surface area contributed by atoms with Gasteiger partial charge in [-0.3, -0.25) is 0 Å². The molecule has 5 heteroatoms. The van der Waals surface area contributed by atoms with Crippen molar-refractivity contribution in [1.29, 1.82) is 0 Å². The highest BCUT2D eigenvalue weighted by Gasteiger charge is 2.24. The lowest BCUT2D eigenvalue weighted by atomic mass is 10.2. The maximum atomic E-state index is 4.86. The van der Waals surface area contributed by atoms with Crippen LogP contribution in [0.2, 0.25) is 0 Å². The number of aryl methyl sites for hydroxylation is 3. The van der Waals surface area contributed by atoms with Crippen LogP contribution in [0.4, 0.5) is 0 Å². The number of hydrogen-bond acceptors (Lipinski definition) is 4. The molecule has 0 saturated carbocycles. The Labute approximate surface area is 117 Å². The van der Waals surface area contributed by atoms with Gasteiger partial charge in [-0.05, 0) is 32.7 Å². The van der Waals surface area contributed by atoms with E-state index in [0.29, 0.717) is 0 Å². The number of aromatic nitrogens is 3. The summed E-state index contributed by atoms with van der Waals surface area (Å²) in [5, 5.41) is 4.75. The summed E-state index contributed by atoms with van der Waals surface area (Å²) in [6.07, 6.45) is 7.49. The van der Waals surface area contributed by atoms with Gasteiger partial charge >= 0.3 is 0 Å². The minimum atomic E-state index is 0.183. The summed E-state index contributed by atoms with van der Waals surface area (Å²) in [4.78, 5) is 10.6. The van der Waals surface area contributed by atoms with Gasteiger partial charge in [0.25, 0.3) is 0 Å². The van der Waals surface area contributed by atoms with Gasteiger partial charge in [-0.1, -0.05) is 6.92 Å². The summed E-state index contributed by atoms with van der Waals surface area (Å²) in [5.74, 6) is 0. The molecule has 0 amide bonds. The largest absolute Gasteiger partial charge is 0.333 e. The van der Waals surface area contributed by atoms with Gasteiger partial charge in [-0.25, -0.2) is 9.97 Å². The van der Waals surface area contributed by atoms with Gasteiger partial charge in [-0.15, -0.1) is 11.3 Å². The molecule has 19 heavy (non-hydrogen) atoms. The molecule has 4 nitrogen and oxygen atoms in total. The summed E-state index contributed by atoms with van der Waals surface area (Å²) in [6.45, 7) is 6.17. The van der Waals surface area contributed by atoms with E-state index in [9.17, 15) is 0 Å². The highest BCUT2D eigenvalue weighted by atomic mass is 32.1. The van der Waals surface area contributed by atoms with Crippen molar-refractivity contribution in [2.45, 2.75) is 45.7 Å². The van der Waals surface area contributed by atoms with Crippen LogP contribution in [0, 0.1) is 0 Å². The van der Waals surface area contributed by atoms with Gasteiger partial charge in [0.15, 0.2) is 0 Å². The third-order valence-electron chi connectivity index (χ3n) is 3.65. The third kappa shape index (κ3) is 2.32. The van der Waals surface area contributed by atoms with Crippen LogP contribution in [0.25, 0.3) is 0 Å². The molecule has 0 fully saturated rings. The zero-order valence-electron chi connectivity index (χ0n) is 11.5. The molecule has 1 atom stereocenters. The molecular formula is C14H20N4S. The van der Waals surface area contributed by atoms with E-state index >= 15 is 0 Å². The predicted octanol–water partition coefficient (Wildman–Crippen LogP) is 2.55.